The molecule has 156 valence electrons. The van der Waals surface area contributed by atoms with E-state index in [9.17, 15) is 9.59 Å². The molecule has 0 aromatic rings. The first-order chi connectivity index (χ1) is 13.2. The summed E-state index contributed by atoms with van der Waals surface area (Å²) in [6.07, 6.45) is 14.7. The van der Waals surface area contributed by atoms with Crippen LogP contribution in [0.25, 0.3) is 0 Å². The number of likely N-dealkylation sites (tertiary alicyclic amines) is 2. The zero-order valence-corrected chi connectivity index (χ0v) is 17.3. The van der Waals surface area contributed by atoms with E-state index in [1.165, 1.54) is 77.7 Å². The van der Waals surface area contributed by atoms with Crippen molar-refractivity contribution < 1.29 is 14.3 Å². The molecular formula is C22H40N2O3. The molecule has 0 aliphatic carbocycles. The topological polar surface area (TPSA) is 49.9 Å². The van der Waals surface area contributed by atoms with E-state index in [1.54, 1.807) is 0 Å². The summed E-state index contributed by atoms with van der Waals surface area (Å²) in [6.45, 7) is 7.39. The molecule has 27 heavy (non-hydrogen) atoms. The molecule has 0 radical (unpaired) electrons. The summed E-state index contributed by atoms with van der Waals surface area (Å²) in [7, 11) is 0. The number of carbonyl (C=O) groups excluding carboxylic acids is 2. The van der Waals surface area contributed by atoms with Gasteiger partial charge in [-0.3, -0.25) is 9.59 Å². The number of nitrogens with zero attached hydrogens (tertiary/aromatic N) is 2. The van der Waals surface area contributed by atoms with Gasteiger partial charge in [-0.05, 0) is 90.6 Å². The second-order valence-corrected chi connectivity index (χ2v) is 8.27. The van der Waals surface area contributed by atoms with Crippen molar-refractivity contribution >= 4 is 11.9 Å². The highest BCUT2D eigenvalue weighted by molar-refractivity contribution is 5.85. The Bertz CT molecular complexity index is 416. The third kappa shape index (κ3) is 10.8. The number of ether oxygens (including phenoxy) is 1. The average molecular weight is 381 g/mol. The lowest BCUT2D eigenvalue weighted by atomic mass is 10.1. The van der Waals surface area contributed by atoms with Crippen LogP contribution in [-0.4, -0.2) is 61.0 Å². The number of hydrogen-bond acceptors (Lipinski definition) is 5. The largest absolute Gasteiger partial charge is 0.393 e. The van der Waals surface area contributed by atoms with E-state index in [1.807, 2.05) is 0 Å². The van der Waals surface area contributed by atoms with Gasteiger partial charge in [-0.1, -0.05) is 25.7 Å². The van der Waals surface area contributed by atoms with Crippen LogP contribution in [-0.2, 0) is 14.3 Å². The first kappa shape index (κ1) is 22.4. The van der Waals surface area contributed by atoms with Crippen LogP contribution in [0.5, 0.6) is 0 Å². The molecule has 2 heterocycles. The smallest absolute Gasteiger partial charge is 0.313 e. The third-order valence-corrected chi connectivity index (χ3v) is 5.84. The van der Waals surface area contributed by atoms with Gasteiger partial charge < -0.3 is 14.5 Å². The van der Waals surface area contributed by atoms with Crippen LogP contribution in [0.15, 0.2) is 0 Å². The molecule has 0 aromatic heterocycles. The van der Waals surface area contributed by atoms with Gasteiger partial charge in [0.25, 0.3) is 0 Å². The Labute approximate surface area is 165 Å². The lowest BCUT2D eigenvalue weighted by molar-refractivity contribution is -0.159. The van der Waals surface area contributed by atoms with Crippen molar-refractivity contribution in [1.82, 2.24) is 9.80 Å². The van der Waals surface area contributed by atoms with E-state index in [0.29, 0.717) is 12.8 Å². The molecule has 0 atom stereocenters. The number of carbonyl (C=O) groups is 2. The monoisotopic (exact) mass is 380 g/mol. The molecular weight excluding hydrogens is 340 g/mol. The van der Waals surface area contributed by atoms with Crippen LogP contribution < -0.4 is 0 Å². The Morgan fingerprint density at radius 3 is 1.41 bits per heavy atom. The van der Waals surface area contributed by atoms with Crippen molar-refractivity contribution in [2.45, 2.75) is 89.9 Å². The molecule has 2 saturated heterocycles. The fourth-order valence-electron chi connectivity index (χ4n) is 4.16. The lowest BCUT2D eigenvalue weighted by Gasteiger charge is -2.13. The van der Waals surface area contributed by atoms with Gasteiger partial charge >= 0.3 is 11.9 Å². The van der Waals surface area contributed by atoms with Crippen molar-refractivity contribution in [3.05, 3.63) is 0 Å². The van der Waals surface area contributed by atoms with Gasteiger partial charge in [-0.15, -0.1) is 0 Å². The van der Waals surface area contributed by atoms with Crippen molar-refractivity contribution in [3.8, 4) is 0 Å². The molecule has 2 fully saturated rings. The molecule has 0 saturated carbocycles. The molecule has 0 unspecified atom stereocenters. The molecule has 0 amide bonds. The summed E-state index contributed by atoms with van der Waals surface area (Å²) in [5.41, 5.74) is 0. The van der Waals surface area contributed by atoms with Crippen molar-refractivity contribution in [2.24, 2.45) is 0 Å². The van der Waals surface area contributed by atoms with Crippen LogP contribution in [0.2, 0.25) is 0 Å². The van der Waals surface area contributed by atoms with Crippen LogP contribution in [0, 0.1) is 0 Å². The summed E-state index contributed by atoms with van der Waals surface area (Å²) in [4.78, 5) is 28.5. The van der Waals surface area contributed by atoms with Crippen molar-refractivity contribution in [1.29, 1.82) is 0 Å². The minimum Gasteiger partial charge on any atom is -0.393 e. The van der Waals surface area contributed by atoms with Gasteiger partial charge in [0.05, 0.1) is 0 Å². The summed E-state index contributed by atoms with van der Waals surface area (Å²) >= 11 is 0. The molecule has 0 N–H and O–H groups in total. The van der Waals surface area contributed by atoms with Gasteiger partial charge in [0.15, 0.2) is 0 Å². The fraction of sp³-hybridized carbons (Fsp3) is 0.909. The number of unbranched alkanes of at least 4 members (excludes halogenated alkanes) is 6. The third-order valence-electron chi connectivity index (χ3n) is 5.84. The standard InChI is InChI=1S/C22H40N2O3/c25-21(13-5-2-1-3-7-15-23-17-9-10-18-23)27-22(26)14-6-4-8-16-24-19-11-12-20-24/h1-20H2. The van der Waals surface area contributed by atoms with E-state index in [4.69, 9.17) is 4.74 Å². The fourth-order valence-corrected chi connectivity index (χ4v) is 4.16. The maximum absolute atomic E-state index is 11.7. The Morgan fingerprint density at radius 2 is 0.926 bits per heavy atom. The summed E-state index contributed by atoms with van der Waals surface area (Å²) in [5, 5.41) is 0. The van der Waals surface area contributed by atoms with E-state index in [2.05, 4.69) is 9.80 Å². The Kier molecular flexibility index (Phi) is 11.7. The van der Waals surface area contributed by atoms with Gasteiger partial charge in [0.1, 0.15) is 0 Å². The molecule has 5 heteroatoms. The Hall–Kier alpha value is -0.940. The minimum absolute atomic E-state index is 0.339. The van der Waals surface area contributed by atoms with E-state index < -0.39 is 0 Å². The molecule has 0 spiro atoms. The van der Waals surface area contributed by atoms with Gasteiger partial charge in [0, 0.05) is 12.8 Å². The predicted molar refractivity (Wildman–Crippen MR) is 109 cm³/mol. The van der Waals surface area contributed by atoms with E-state index in [0.717, 1.165) is 38.6 Å². The van der Waals surface area contributed by atoms with Crippen LogP contribution in [0.1, 0.15) is 89.9 Å². The maximum atomic E-state index is 11.7. The second kappa shape index (κ2) is 14.1. The van der Waals surface area contributed by atoms with Gasteiger partial charge in [-0.2, -0.15) is 0 Å². The first-order valence-electron chi connectivity index (χ1n) is 11.4. The molecule has 0 aromatic carbocycles. The molecule has 2 aliphatic rings. The zero-order valence-electron chi connectivity index (χ0n) is 17.3. The maximum Gasteiger partial charge on any atom is 0.313 e. The van der Waals surface area contributed by atoms with E-state index >= 15 is 0 Å². The minimum atomic E-state index is -0.341. The van der Waals surface area contributed by atoms with Crippen LogP contribution >= 0.6 is 0 Å². The normalized spacial score (nSPS) is 18.2. The highest BCUT2D eigenvalue weighted by Crippen LogP contribution is 2.12. The van der Waals surface area contributed by atoms with Crippen molar-refractivity contribution in [2.75, 3.05) is 39.3 Å². The summed E-state index contributed by atoms with van der Waals surface area (Å²) in [5.74, 6) is -0.680. The summed E-state index contributed by atoms with van der Waals surface area (Å²) < 4.78 is 4.93. The summed E-state index contributed by atoms with van der Waals surface area (Å²) in [6, 6.07) is 0. The number of rotatable bonds is 14. The Balaban J connectivity index is 1.33. The zero-order chi connectivity index (χ0) is 19.2. The van der Waals surface area contributed by atoms with E-state index in [-0.39, 0.29) is 11.9 Å². The van der Waals surface area contributed by atoms with Crippen LogP contribution in [0.4, 0.5) is 0 Å². The highest BCUT2D eigenvalue weighted by atomic mass is 16.6. The molecule has 5 nitrogen and oxygen atoms in total. The molecule has 0 bridgehead atoms. The van der Waals surface area contributed by atoms with Crippen molar-refractivity contribution in [3.63, 3.8) is 0 Å². The number of hydrogen-bond donors (Lipinski definition) is 0. The second-order valence-electron chi connectivity index (χ2n) is 8.27. The molecule has 2 rings (SSSR count). The molecule has 2 aliphatic heterocycles. The lowest BCUT2D eigenvalue weighted by Crippen LogP contribution is -2.20. The average Bonchev–Trinajstić information content (AvgIpc) is 3.34. The van der Waals surface area contributed by atoms with Gasteiger partial charge in [-0.25, -0.2) is 0 Å². The Morgan fingerprint density at radius 1 is 0.556 bits per heavy atom. The van der Waals surface area contributed by atoms with Crippen LogP contribution in [0.3, 0.4) is 0 Å². The SMILES string of the molecule is O=C(CCCCCCCN1CCCC1)OC(=O)CCCCCN1CCCC1. The predicted octanol–water partition coefficient (Wildman–Crippen LogP) is 4.15. The first-order valence-corrected chi connectivity index (χ1v) is 11.4. The quantitative estimate of drug-likeness (QED) is 0.257. The number of esters is 2. The highest BCUT2D eigenvalue weighted by Gasteiger charge is 2.12. The van der Waals surface area contributed by atoms with Gasteiger partial charge in [0.2, 0.25) is 0 Å².